The highest BCUT2D eigenvalue weighted by Gasteiger charge is 2.26. The van der Waals surface area contributed by atoms with E-state index < -0.39 is 5.82 Å². The molecule has 0 bridgehead atoms. The first-order valence-corrected chi connectivity index (χ1v) is 6.94. The van der Waals surface area contributed by atoms with Gasteiger partial charge in [-0.15, -0.1) is 0 Å². The Balaban J connectivity index is 1.92. The number of aliphatic hydroxyl groups is 1. The molecule has 1 aliphatic carbocycles. The molecule has 2 rings (SSSR count). The molecule has 0 spiro atoms. The van der Waals surface area contributed by atoms with Gasteiger partial charge in [0.1, 0.15) is 11.6 Å². The number of hydrogen-bond acceptors (Lipinski definition) is 3. The van der Waals surface area contributed by atoms with Gasteiger partial charge in [0.25, 0.3) is 0 Å². The Labute approximate surface area is 113 Å². The van der Waals surface area contributed by atoms with Crippen LogP contribution in [0.3, 0.4) is 0 Å². The SMILES string of the molecule is CC(NCC1CCCC1CO)c1ccc(F)cc1O. The molecule has 1 aliphatic rings. The first-order chi connectivity index (χ1) is 9.11. The maximum atomic E-state index is 12.9. The van der Waals surface area contributed by atoms with Crippen molar-refractivity contribution in [2.75, 3.05) is 13.2 Å². The largest absolute Gasteiger partial charge is 0.508 e. The highest BCUT2D eigenvalue weighted by molar-refractivity contribution is 5.34. The summed E-state index contributed by atoms with van der Waals surface area (Å²) in [5.41, 5.74) is 0.708. The quantitative estimate of drug-likeness (QED) is 0.768. The summed E-state index contributed by atoms with van der Waals surface area (Å²) in [4.78, 5) is 0. The van der Waals surface area contributed by atoms with Crippen LogP contribution >= 0.6 is 0 Å². The fourth-order valence-corrected chi connectivity index (χ4v) is 2.94. The molecular formula is C15H22FNO2. The highest BCUT2D eigenvalue weighted by Crippen LogP contribution is 2.32. The van der Waals surface area contributed by atoms with Crippen molar-refractivity contribution >= 4 is 0 Å². The number of aromatic hydroxyl groups is 1. The number of phenols is 1. The Morgan fingerprint density at radius 2 is 2.11 bits per heavy atom. The van der Waals surface area contributed by atoms with Gasteiger partial charge in [-0.1, -0.05) is 12.5 Å². The minimum Gasteiger partial charge on any atom is -0.508 e. The highest BCUT2D eigenvalue weighted by atomic mass is 19.1. The lowest BCUT2D eigenvalue weighted by atomic mass is 9.96. The summed E-state index contributed by atoms with van der Waals surface area (Å²) >= 11 is 0. The first-order valence-electron chi connectivity index (χ1n) is 6.94. The van der Waals surface area contributed by atoms with E-state index >= 15 is 0 Å². The molecule has 0 aromatic heterocycles. The van der Waals surface area contributed by atoms with E-state index in [0.29, 0.717) is 17.4 Å². The molecule has 3 N–H and O–H groups in total. The van der Waals surface area contributed by atoms with E-state index in [0.717, 1.165) is 25.5 Å². The summed E-state index contributed by atoms with van der Waals surface area (Å²) in [5, 5.41) is 22.4. The lowest BCUT2D eigenvalue weighted by molar-refractivity contribution is 0.190. The van der Waals surface area contributed by atoms with E-state index in [1.165, 1.54) is 12.5 Å². The molecule has 0 saturated heterocycles. The average Bonchev–Trinajstić information content (AvgIpc) is 2.83. The molecule has 4 heteroatoms. The van der Waals surface area contributed by atoms with Crippen molar-refractivity contribution in [2.45, 2.75) is 32.2 Å². The standard InChI is InChI=1S/C15H22FNO2/c1-10(14-6-5-13(16)7-15(14)19)17-8-11-3-2-4-12(11)9-18/h5-7,10-12,17-19H,2-4,8-9H2,1H3. The van der Waals surface area contributed by atoms with Gasteiger partial charge in [0.2, 0.25) is 0 Å². The van der Waals surface area contributed by atoms with E-state index in [4.69, 9.17) is 0 Å². The van der Waals surface area contributed by atoms with Crippen LogP contribution in [0.25, 0.3) is 0 Å². The molecule has 1 aromatic rings. The van der Waals surface area contributed by atoms with Crippen LogP contribution in [0.2, 0.25) is 0 Å². The zero-order valence-electron chi connectivity index (χ0n) is 11.3. The van der Waals surface area contributed by atoms with Gasteiger partial charge in [-0.3, -0.25) is 0 Å². The molecule has 0 aliphatic heterocycles. The molecule has 1 fully saturated rings. The van der Waals surface area contributed by atoms with Gasteiger partial charge in [0.05, 0.1) is 0 Å². The minimum atomic E-state index is -0.426. The summed E-state index contributed by atoms with van der Waals surface area (Å²) in [6.45, 7) is 3.03. The van der Waals surface area contributed by atoms with Crippen molar-refractivity contribution in [3.8, 4) is 5.75 Å². The minimum absolute atomic E-state index is 0.00914. The number of halogens is 1. The van der Waals surface area contributed by atoms with Gasteiger partial charge >= 0.3 is 0 Å². The molecule has 3 nitrogen and oxygen atoms in total. The molecule has 0 radical (unpaired) electrons. The molecular weight excluding hydrogens is 245 g/mol. The number of phenolic OH excluding ortho intramolecular Hbond substituents is 1. The molecule has 106 valence electrons. The zero-order valence-corrected chi connectivity index (χ0v) is 11.3. The van der Waals surface area contributed by atoms with Crippen LogP contribution in [0.5, 0.6) is 5.75 Å². The van der Waals surface area contributed by atoms with Crippen molar-refractivity contribution in [1.82, 2.24) is 5.32 Å². The fourth-order valence-electron chi connectivity index (χ4n) is 2.94. The van der Waals surface area contributed by atoms with E-state index in [2.05, 4.69) is 5.32 Å². The lowest BCUT2D eigenvalue weighted by Gasteiger charge is -2.22. The summed E-state index contributed by atoms with van der Waals surface area (Å²) in [6, 6.07) is 4.08. The molecule has 1 aromatic carbocycles. The van der Waals surface area contributed by atoms with Crippen molar-refractivity contribution in [2.24, 2.45) is 11.8 Å². The normalized spacial score (nSPS) is 24.6. The Morgan fingerprint density at radius 1 is 1.37 bits per heavy atom. The maximum absolute atomic E-state index is 12.9. The van der Waals surface area contributed by atoms with E-state index in [1.807, 2.05) is 6.92 Å². The van der Waals surface area contributed by atoms with E-state index in [-0.39, 0.29) is 18.4 Å². The Hall–Kier alpha value is -1.13. The van der Waals surface area contributed by atoms with Gasteiger partial charge in [-0.2, -0.15) is 0 Å². The summed E-state index contributed by atoms with van der Waals surface area (Å²) in [6.07, 6.45) is 3.41. The topological polar surface area (TPSA) is 52.5 Å². The molecule has 0 heterocycles. The van der Waals surface area contributed by atoms with Gasteiger partial charge < -0.3 is 15.5 Å². The molecule has 3 unspecified atom stereocenters. The summed E-state index contributed by atoms with van der Waals surface area (Å²) in [7, 11) is 0. The van der Waals surface area contributed by atoms with Crippen LogP contribution in [-0.4, -0.2) is 23.4 Å². The first kappa shape index (κ1) is 14.3. The third kappa shape index (κ3) is 3.45. The number of hydrogen-bond donors (Lipinski definition) is 3. The molecule has 19 heavy (non-hydrogen) atoms. The second kappa shape index (κ2) is 6.35. The third-order valence-corrected chi connectivity index (χ3v) is 4.20. The third-order valence-electron chi connectivity index (χ3n) is 4.20. The van der Waals surface area contributed by atoms with Gasteiger partial charge in [-0.25, -0.2) is 4.39 Å². The predicted molar refractivity (Wildman–Crippen MR) is 72.4 cm³/mol. The second-order valence-corrected chi connectivity index (χ2v) is 5.47. The smallest absolute Gasteiger partial charge is 0.126 e. The number of rotatable bonds is 5. The van der Waals surface area contributed by atoms with E-state index in [9.17, 15) is 14.6 Å². The van der Waals surface area contributed by atoms with E-state index in [1.54, 1.807) is 6.07 Å². The second-order valence-electron chi connectivity index (χ2n) is 5.47. The zero-order chi connectivity index (χ0) is 13.8. The van der Waals surface area contributed by atoms with Crippen LogP contribution in [0, 0.1) is 17.7 Å². The van der Waals surface area contributed by atoms with Crippen molar-refractivity contribution in [1.29, 1.82) is 0 Å². The molecule has 3 atom stereocenters. The van der Waals surface area contributed by atoms with Crippen molar-refractivity contribution < 1.29 is 14.6 Å². The number of nitrogens with one attached hydrogen (secondary N) is 1. The van der Waals surface area contributed by atoms with Crippen molar-refractivity contribution in [3.05, 3.63) is 29.6 Å². The monoisotopic (exact) mass is 267 g/mol. The van der Waals surface area contributed by atoms with Crippen LogP contribution < -0.4 is 5.32 Å². The number of aliphatic hydroxyl groups excluding tert-OH is 1. The lowest BCUT2D eigenvalue weighted by Crippen LogP contribution is -2.28. The molecule has 1 saturated carbocycles. The predicted octanol–water partition coefficient (Wildman–Crippen LogP) is 2.59. The van der Waals surface area contributed by atoms with Crippen molar-refractivity contribution in [3.63, 3.8) is 0 Å². The molecule has 0 amide bonds. The number of benzene rings is 1. The van der Waals surface area contributed by atoms with Crippen LogP contribution in [0.4, 0.5) is 4.39 Å². The van der Waals surface area contributed by atoms with Gasteiger partial charge in [-0.05, 0) is 44.2 Å². The maximum Gasteiger partial charge on any atom is 0.126 e. The van der Waals surface area contributed by atoms with Crippen LogP contribution in [-0.2, 0) is 0 Å². The Kier molecular flexibility index (Phi) is 4.77. The van der Waals surface area contributed by atoms with Crippen LogP contribution in [0.1, 0.15) is 37.8 Å². The average molecular weight is 267 g/mol. The fraction of sp³-hybridized carbons (Fsp3) is 0.600. The van der Waals surface area contributed by atoms with Gasteiger partial charge in [0, 0.05) is 24.3 Å². The van der Waals surface area contributed by atoms with Gasteiger partial charge in [0.15, 0.2) is 0 Å². The summed E-state index contributed by atoms with van der Waals surface area (Å²) in [5.74, 6) is 0.450. The Morgan fingerprint density at radius 3 is 2.79 bits per heavy atom. The summed E-state index contributed by atoms with van der Waals surface area (Å²) < 4.78 is 12.9. The Bertz CT molecular complexity index is 425. The van der Waals surface area contributed by atoms with Crippen LogP contribution in [0.15, 0.2) is 18.2 Å².